The number of aryl methyl sites for hydroxylation is 1. The molecule has 84 valence electrons. The van der Waals surface area contributed by atoms with Gasteiger partial charge in [-0.15, -0.1) is 11.3 Å². The molecule has 0 unspecified atom stereocenters. The van der Waals surface area contributed by atoms with Crippen LogP contribution in [0.5, 0.6) is 0 Å². The highest BCUT2D eigenvalue weighted by atomic mass is 32.1. The molecule has 1 aromatic heterocycles. The Bertz CT molecular complexity index is 351. The molecule has 2 nitrogen and oxygen atoms in total. The van der Waals surface area contributed by atoms with Crippen molar-refractivity contribution >= 4 is 11.3 Å². The Morgan fingerprint density at radius 2 is 1.93 bits per heavy atom. The summed E-state index contributed by atoms with van der Waals surface area (Å²) in [6, 6.07) is 0.618. The molecular weight excluding hydrogens is 204 g/mol. The van der Waals surface area contributed by atoms with Gasteiger partial charge in [0.2, 0.25) is 0 Å². The standard InChI is InChI=1S/C12H20N2S/c1-8-14-9(7-15-8)6-13-10-11(2,3)12(10,4)5/h7,10,13H,6H2,1-5H3. The smallest absolute Gasteiger partial charge is 0.0897 e. The van der Waals surface area contributed by atoms with Crippen LogP contribution in [-0.4, -0.2) is 11.0 Å². The van der Waals surface area contributed by atoms with Gasteiger partial charge in [-0.2, -0.15) is 0 Å². The highest BCUT2D eigenvalue weighted by Crippen LogP contribution is 2.62. The van der Waals surface area contributed by atoms with Crippen molar-refractivity contribution in [2.24, 2.45) is 10.8 Å². The Balaban J connectivity index is 1.91. The molecule has 2 rings (SSSR count). The van der Waals surface area contributed by atoms with Crippen LogP contribution in [0.15, 0.2) is 5.38 Å². The number of nitrogens with zero attached hydrogens (tertiary/aromatic N) is 1. The second-order valence-electron chi connectivity index (χ2n) is 5.62. The third-order valence-corrected chi connectivity index (χ3v) is 5.00. The molecule has 1 saturated carbocycles. The van der Waals surface area contributed by atoms with Crippen LogP contribution in [0.2, 0.25) is 0 Å². The molecule has 1 fully saturated rings. The summed E-state index contributed by atoms with van der Waals surface area (Å²) < 4.78 is 0. The molecule has 15 heavy (non-hydrogen) atoms. The zero-order valence-corrected chi connectivity index (χ0v) is 11.0. The van der Waals surface area contributed by atoms with E-state index in [9.17, 15) is 0 Å². The Morgan fingerprint density at radius 1 is 1.33 bits per heavy atom. The van der Waals surface area contributed by atoms with Gasteiger partial charge >= 0.3 is 0 Å². The average Bonchev–Trinajstić information content (AvgIpc) is 2.50. The highest BCUT2D eigenvalue weighted by Gasteiger charge is 2.64. The molecule has 1 aromatic rings. The van der Waals surface area contributed by atoms with Crippen LogP contribution in [0, 0.1) is 17.8 Å². The normalized spacial score (nSPS) is 23.0. The molecular formula is C12H20N2S. The first-order chi connectivity index (χ1) is 6.85. The lowest BCUT2D eigenvalue weighted by molar-refractivity contribution is 0.457. The molecule has 0 spiro atoms. The van der Waals surface area contributed by atoms with E-state index in [1.54, 1.807) is 11.3 Å². The predicted octanol–water partition coefficient (Wildman–Crippen LogP) is 2.98. The molecule has 1 aliphatic carbocycles. The van der Waals surface area contributed by atoms with E-state index in [1.807, 2.05) is 0 Å². The van der Waals surface area contributed by atoms with Gasteiger partial charge < -0.3 is 5.32 Å². The molecule has 0 radical (unpaired) electrons. The summed E-state index contributed by atoms with van der Waals surface area (Å²) in [5.74, 6) is 0. The van der Waals surface area contributed by atoms with Crippen molar-refractivity contribution in [1.29, 1.82) is 0 Å². The maximum Gasteiger partial charge on any atom is 0.0897 e. The lowest BCUT2D eigenvalue weighted by Crippen LogP contribution is -2.21. The number of rotatable bonds is 3. The van der Waals surface area contributed by atoms with E-state index in [-0.39, 0.29) is 0 Å². The molecule has 0 atom stereocenters. The quantitative estimate of drug-likeness (QED) is 0.854. The van der Waals surface area contributed by atoms with Crippen molar-refractivity contribution in [3.05, 3.63) is 16.1 Å². The molecule has 3 heteroatoms. The van der Waals surface area contributed by atoms with Crippen LogP contribution in [0.1, 0.15) is 38.4 Å². The molecule has 1 aliphatic rings. The lowest BCUT2D eigenvalue weighted by atomic mass is 10.0. The summed E-state index contributed by atoms with van der Waals surface area (Å²) in [7, 11) is 0. The third-order valence-electron chi connectivity index (χ3n) is 4.17. The zero-order chi connectivity index (χ0) is 11.3. The lowest BCUT2D eigenvalue weighted by Gasteiger charge is -2.03. The second kappa shape index (κ2) is 3.29. The fraction of sp³-hybridized carbons (Fsp3) is 0.750. The molecule has 0 aromatic carbocycles. The van der Waals surface area contributed by atoms with E-state index in [0.717, 1.165) is 11.6 Å². The minimum Gasteiger partial charge on any atom is -0.307 e. The number of thiazole rings is 1. The van der Waals surface area contributed by atoms with E-state index in [2.05, 4.69) is 50.3 Å². The molecule has 0 aliphatic heterocycles. The summed E-state index contributed by atoms with van der Waals surface area (Å²) >= 11 is 1.73. The minimum atomic E-state index is 0.415. The summed E-state index contributed by atoms with van der Waals surface area (Å²) in [6.07, 6.45) is 0. The summed E-state index contributed by atoms with van der Waals surface area (Å²) in [6.45, 7) is 12.3. The van der Waals surface area contributed by atoms with Crippen LogP contribution in [0.25, 0.3) is 0 Å². The van der Waals surface area contributed by atoms with Crippen molar-refractivity contribution in [3.8, 4) is 0 Å². The predicted molar refractivity (Wildman–Crippen MR) is 65.0 cm³/mol. The van der Waals surface area contributed by atoms with Crippen LogP contribution in [0.4, 0.5) is 0 Å². The second-order valence-corrected chi connectivity index (χ2v) is 6.68. The van der Waals surface area contributed by atoms with E-state index >= 15 is 0 Å². The van der Waals surface area contributed by atoms with Crippen LogP contribution >= 0.6 is 11.3 Å². The van der Waals surface area contributed by atoms with E-state index in [0.29, 0.717) is 16.9 Å². The zero-order valence-electron chi connectivity index (χ0n) is 10.2. The molecule has 0 bridgehead atoms. The third kappa shape index (κ3) is 1.72. The van der Waals surface area contributed by atoms with E-state index in [1.165, 1.54) is 5.69 Å². The molecule has 1 heterocycles. The Kier molecular flexibility index (Phi) is 2.43. The van der Waals surface area contributed by atoms with E-state index in [4.69, 9.17) is 0 Å². The highest BCUT2D eigenvalue weighted by molar-refractivity contribution is 7.09. The molecule has 1 N–H and O–H groups in total. The van der Waals surface area contributed by atoms with Gasteiger partial charge in [0.25, 0.3) is 0 Å². The Morgan fingerprint density at radius 3 is 2.33 bits per heavy atom. The summed E-state index contributed by atoms with van der Waals surface area (Å²) in [4.78, 5) is 4.46. The number of hydrogen-bond acceptors (Lipinski definition) is 3. The van der Waals surface area contributed by atoms with Crippen LogP contribution in [0.3, 0.4) is 0 Å². The van der Waals surface area contributed by atoms with E-state index < -0.39 is 0 Å². The van der Waals surface area contributed by atoms with Gasteiger partial charge in [0, 0.05) is 18.0 Å². The molecule has 0 amide bonds. The monoisotopic (exact) mass is 224 g/mol. The van der Waals surface area contributed by atoms with Crippen molar-refractivity contribution in [3.63, 3.8) is 0 Å². The fourth-order valence-electron chi connectivity index (χ4n) is 2.40. The number of hydrogen-bond donors (Lipinski definition) is 1. The SMILES string of the molecule is Cc1nc(CNC2C(C)(C)C2(C)C)cs1. The van der Waals surface area contributed by atoms with Crippen molar-refractivity contribution in [1.82, 2.24) is 10.3 Å². The van der Waals surface area contributed by atoms with Gasteiger partial charge in [-0.1, -0.05) is 27.7 Å². The first-order valence-corrected chi connectivity index (χ1v) is 6.38. The molecule has 0 saturated heterocycles. The van der Waals surface area contributed by atoms with Crippen LogP contribution < -0.4 is 5.32 Å². The minimum absolute atomic E-state index is 0.415. The summed E-state index contributed by atoms with van der Waals surface area (Å²) in [5, 5.41) is 6.91. The largest absolute Gasteiger partial charge is 0.307 e. The van der Waals surface area contributed by atoms with Crippen molar-refractivity contribution in [2.45, 2.75) is 47.2 Å². The first kappa shape index (κ1) is 11.1. The Labute approximate surface area is 96.1 Å². The summed E-state index contributed by atoms with van der Waals surface area (Å²) in [5.41, 5.74) is 2.01. The Hall–Kier alpha value is -0.410. The first-order valence-electron chi connectivity index (χ1n) is 5.50. The topological polar surface area (TPSA) is 24.9 Å². The number of nitrogens with one attached hydrogen (secondary N) is 1. The average molecular weight is 224 g/mol. The van der Waals surface area contributed by atoms with Crippen LogP contribution in [-0.2, 0) is 6.54 Å². The van der Waals surface area contributed by atoms with Gasteiger partial charge in [0.05, 0.1) is 10.7 Å². The van der Waals surface area contributed by atoms with Gasteiger partial charge in [-0.3, -0.25) is 0 Å². The maximum atomic E-state index is 4.46. The van der Waals surface area contributed by atoms with Gasteiger partial charge in [-0.25, -0.2) is 4.98 Å². The van der Waals surface area contributed by atoms with Gasteiger partial charge in [0.15, 0.2) is 0 Å². The fourth-order valence-corrected chi connectivity index (χ4v) is 3.02. The van der Waals surface area contributed by atoms with Crippen molar-refractivity contribution < 1.29 is 0 Å². The van der Waals surface area contributed by atoms with Crippen molar-refractivity contribution in [2.75, 3.05) is 0 Å². The number of aromatic nitrogens is 1. The van der Waals surface area contributed by atoms with Gasteiger partial charge in [-0.05, 0) is 17.8 Å². The maximum absolute atomic E-state index is 4.46. The van der Waals surface area contributed by atoms with Gasteiger partial charge in [0.1, 0.15) is 0 Å².